The molecule has 0 heterocycles. The quantitative estimate of drug-likeness (QED) is 0.851. The van der Waals surface area contributed by atoms with E-state index < -0.39 is 17.4 Å². The van der Waals surface area contributed by atoms with Crippen molar-refractivity contribution in [1.29, 1.82) is 0 Å². The fourth-order valence-corrected chi connectivity index (χ4v) is 2.57. The van der Waals surface area contributed by atoms with Crippen LogP contribution in [0.2, 0.25) is 5.02 Å². The van der Waals surface area contributed by atoms with Gasteiger partial charge in [-0.1, -0.05) is 37.6 Å². The molecule has 2 rings (SSSR count). The maximum atomic E-state index is 12.6. The van der Waals surface area contributed by atoms with E-state index in [1.165, 1.54) is 7.11 Å². The van der Waals surface area contributed by atoms with E-state index in [0.29, 0.717) is 5.02 Å². The summed E-state index contributed by atoms with van der Waals surface area (Å²) in [5.74, 6) is -0.554. The van der Waals surface area contributed by atoms with Crippen molar-refractivity contribution in [2.24, 2.45) is 5.92 Å². The minimum absolute atomic E-state index is 0.0255. The third kappa shape index (κ3) is 3.21. The molecule has 1 fully saturated rings. The molecule has 4 nitrogen and oxygen atoms in total. The second-order valence-corrected chi connectivity index (χ2v) is 6.24. The molecular weight excluding hydrogens is 290 g/mol. The summed E-state index contributed by atoms with van der Waals surface area (Å²) >= 11 is 5.89. The smallest absolute Gasteiger partial charge is 0.328 e. The number of carbonyl (C=O) groups is 2. The molecule has 1 saturated carbocycles. The Labute approximate surface area is 129 Å². The van der Waals surface area contributed by atoms with E-state index in [4.69, 9.17) is 16.3 Å². The van der Waals surface area contributed by atoms with Gasteiger partial charge in [-0.2, -0.15) is 0 Å². The third-order valence-electron chi connectivity index (χ3n) is 3.99. The Morgan fingerprint density at radius 1 is 1.24 bits per heavy atom. The van der Waals surface area contributed by atoms with Gasteiger partial charge in [-0.05, 0) is 36.5 Å². The molecule has 1 aromatic carbocycles. The van der Waals surface area contributed by atoms with Crippen molar-refractivity contribution in [1.82, 2.24) is 5.32 Å². The van der Waals surface area contributed by atoms with Gasteiger partial charge in [0.2, 0.25) is 5.91 Å². The average Bonchev–Trinajstić information content (AvgIpc) is 3.25. The Balaban J connectivity index is 2.15. The zero-order valence-corrected chi connectivity index (χ0v) is 13.2. The molecular formula is C16H20ClNO3. The highest BCUT2D eigenvalue weighted by atomic mass is 35.5. The standard InChI is InChI=1S/C16H20ClNO3/c1-10(2)13(14(19)21-3)18-15(20)16(8-9-16)11-4-6-12(17)7-5-11/h4-7,10,13H,8-9H2,1-3H3,(H,18,20). The van der Waals surface area contributed by atoms with Gasteiger partial charge in [-0.3, -0.25) is 4.79 Å². The lowest BCUT2D eigenvalue weighted by Gasteiger charge is -2.23. The highest BCUT2D eigenvalue weighted by Crippen LogP contribution is 2.48. The topological polar surface area (TPSA) is 55.4 Å². The highest BCUT2D eigenvalue weighted by molar-refractivity contribution is 6.30. The Morgan fingerprint density at radius 2 is 1.81 bits per heavy atom. The molecule has 5 heteroatoms. The minimum Gasteiger partial charge on any atom is -0.467 e. The molecule has 0 aliphatic heterocycles. The largest absolute Gasteiger partial charge is 0.467 e. The van der Waals surface area contributed by atoms with Gasteiger partial charge in [-0.25, -0.2) is 4.79 Å². The highest BCUT2D eigenvalue weighted by Gasteiger charge is 2.52. The summed E-state index contributed by atoms with van der Waals surface area (Å²) in [5, 5.41) is 3.48. The van der Waals surface area contributed by atoms with Crippen molar-refractivity contribution in [3.63, 3.8) is 0 Å². The molecule has 1 atom stereocenters. The zero-order chi connectivity index (χ0) is 15.6. The van der Waals surface area contributed by atoms with Gasteiger partial charge in [-0.15, -0.1) is 0 Å². The number of nitrogens with one attached hydrogen (secondary N) is 1. The molecule has 0 aromatic heterocycles. The maximum Gasteiger partial charge on any atom is 0.328 e. The van der Waals surface area contributed by atoms with Crippen LogP contribution in [0.1, 0.15) is 32.3 Å². The number of methoxy groups -OCH3 is 1. The lowest BCUT2D eigenvalue weighted by atomic mass is 9.93. The molecule has 1 aliphatic rings. The summed E-state index contributed by atoms with van der Waals surface area (Å²) in [4.78, 5) is 24.4. The Kier molecular flexibility index (Phi) is 4.57. The Hall–Kier alpha value is -1.55. The normalized spacial score (nSPS) is 17.2. The molecule has 0 saturated heterocycles. The molecule has 1 N–H and O–H groups in total. The summed E-state index contributed by atoms with van der Waals surface area (Å²) in [6, 6.07) is 6.69. The first-order valence-corrected chi connectivity index (χ1v) is 7.43. The van der Waals surface area contributed by atoms with Crippen molar-refractivity contribution < 1.29 is 14.3 Å². The van der Waals surface area contributed by atoms with Gasteiger partial charge >= 0.3 is 5.97 Å². The van der Waals surface area contributed by atoms with Gasteiger partial charge in [0.05, 0.1) is 12.5 Å². The lowest BCUT2D eigenvalue weighted by Crippen LogP contribution is -2.48. The van der Waals surface area contributed by atoms with Crippen LogP contribution in [-0.2, 0) is 19.7 Å². The van der Waals surface area contributed by atoms with Gasteiger partial charge in [0.15, 0.2) is 0 Å². The zero-order valence-electron chi connectivity index (χ0n) is 12.5. The number of ether oxygens (including phenoxy) is 1. The minimum atomic E-state index is -0.618. The number of benzene rings is 1. The van der Waals surface area contributed by atoms with Crippen LogP contribution in [0.3, 0.4) is 0 Å². The van der Waals surface area contributed by atoms with Gasteiger partial charge in [0, 0.05) is 5.02 Å². The van der Waals surface area contributed by atoms with Gasteiger partial charge in [0.25, 0.3) is 0 Å². The SMILES string of the molecule is COC(=O)C(NC(=O)C1(c2ccc(Cl)cc2)CC1)C(C)C. The first-order valence-electron chi connectivity index (χ1n) is 7.05. The van der Waals surface area contributed by atoms with Gasteiger partial charge in [0.1, 0.15) is 6.04 Å². The van der Waals surface area contributed by atoms with Crippen LogP contribution in [0.5, 0.6) is 0 Å². The van der Waals surface area contributed by atoms with E-state index in [1.54, 1.807) is 12.1 Å². The molecule has 1 aliphatic carbocycles. The van der Waals surface area contributed by atoms with Crippen LogP contribution in [0.15, 0.2) is 24.3 Å². The Bertz CT molecular complexity index is 535. The fraction of sp³-hybridized carbons (Fsp3) is 0.500. The third-order valence-corrected chi connectivity index (χ3v) is 4.24. The van der Waals surface area contributed by atoms with E-state index in [9.17, 15) is 9.59 Å². The monoisotopic (exact) mass is 309 g/mol. The molecule has 0 spiro atoms. The van der Waals surface area contributed by atoms with Crippen LogP contribution in [0.4, 0.5) is 0 Å². The van der Waals surface area contributed by atoms with E-state index in [2.05, 4.69) is 5.32 Å². The molecule has 21 heavy (non-hydrogen) atoms. The van der Waals surface area contributed by atoms with Crippen molar-refractivity contribution >= 4 is 23.5 Å². The predicted octanol–water partition coefficient (Wildman–Crippen LogP) is 2.69. The van der Waals surface area contributed by atoms with E-state index in [0.717, 1.165) is 18.4 Å². The number of halogens is 1. The molecule has 1 aromatic rings. The number of hydrogen-bond acceptors (Lipinski definition) is 3. The van der Waals surface area contributed by atoms with Crippen LogP contribution in [0.25, 0.3) is 0 Å². The van der Waals surface area contributed by atoms with Crippen LogP contribution in [-0.4, -0.2) is 25.0 Å². The first-order chi connectivity index (χ1) is 9.90. The van der Waals surface area contributed by atoms with Crippen LogP contribution >= 0.6 is 11.6 Å². The number of esters is 1. The summed E-state index contributed by atoms with van der Waals surface area (Å²) in [6.45, 7) is 3.76. The predicted molar refractivity (Wildman–Crippen MR) is 81.1 cm³/mol. The summed E-state index contributed by atoms with van der Waals surface area (Å²) in [6.07, 6.45) is 1.57. The molecule has 0 bridgehead atoms. The molecule has 1 amide bonds. The molecule has 114 valence electrons. The van der Waals surface area contributed by atoms with Gasteiger partial charge < -0.3 is 10.1 Å². The molecule has 0 radical (unpaired) electrons. The average molecular weight is 310 g/mol. The Morgan fingerprint density at radius 3 is 2.24 bits per heavy atom. The van der Waals surface area contributed by atoms with Crippen LogP contribution < -0.4 is 5.32 Å². The second-order valence-electron chi connectivity index (χ2n) is 5.81. The van der Waals surface area contributed by atoms with Crippen molar-refractivity contribution in [3.8, 4) is 0 Å². The molecule has 1 unspecified atom stereocenters. The van der Waals surface area contributed by atoms with E-state index >= 15 is 0 Å². The fourth-order valence-electron chi connectivity index (χ4n) is 2.44. The number of amides is 1. The summed E-state index contributed by atoms with van der Waals surface area (Å²) < 4.78 is 4.76. The number of rotatable bonds is 5. The second kappa shape index (κ2) is 6.06. The van der Waals surface area contributed by atoms with E-state index in [1.807, 2.05) is 26.0 Å². The lowest BCUT2D eigenvalue weighted by molar-refractivity contribution is -0.146. The number of hydrogen-bond donors (Lipinski definition) is 1. The maximum absolute atomic E-state index is 12.6. The van der Waals surface area contributed by atoms with Crippen molar-refractivity contribution in [2.45, 2.75) is 38.1 Å². The summed E-state index contributed by atoms with van der Waals surface area (Å²) in [5.41, 5.74) is 0.419. The van der Waals surface area contributed by atoms with Crippen molar-refractivity contribution in [2.75, 3.05) is 7.11 Å². The number of carbonyl (C=O) groups excluding carboxylic acids is 2. The summed E-state index contributed by atoms with van der Waals surface area (Å²) in [7, 11) is 1.33. The van der Waals surface area contributed by atoms with E-state index in [-0.39, 0.29) is 11.8 Å². The first kappa shape index (κ1) is 15.8. The van der Waals surface area contributed by atoms with Crippen molar-refractivity contribution in [3.05, 3.63) is 34.9 Å². The van der Waals surface area contributed by atoms with Crippen LogP contribution in [0, 0.1) is 5.92 Å².